The highest BCUT2D eigenvalue weighted by Crippen LogP contribution is 2.22. The number of hydrogen-bond donors (Lipinski definition) is 0. The molecule has 0 amide bonds. The van der Waals surface area contributed by atoms with Crippen LogP contribution in [0.3, 0.4) is 0 Å². The smallest absolute Gasteiger partial charge is 0.218 e. The van der Waals surface area contributed by atoms with Gasteiger partial charge in [0.1, 0.15) is 6.07 Å². The number of hydrogen-bond acceptors (Lipinski definition) is 5. The second-order valence-electron chi connectivity index (χ2n) is 5.27. The third-order valence-electron chi connectivity index (χ3n) is 3.27. The molecule has 1 fully saturated rings. The lowest BCUT2D eigenvalue weighted by Gasteiger charge is -2.34. The Morgan fingerprint density at radius 3 is 2.36 bits per heavy atom. The molecule has 1 saturated heterocycles. The van der Waals surface area contributed by atoms with Gasteiger partial charge in [0.2, 0.25) is 9.84 Å². The molecule has 5 nitrogen and oxygen atoms in total. The molecule has 1 aromatic carbocycles. The molecule has 2 unspecified atom stereocenters. The third kappa shape index (κ3) is 3.88. The predicted molar refractivity (Wildman–Crippen MR) is 86.6 cm³/mol. The Kier molecular flexibility index (Phi) is 5.27. The van der Waals surface area contributed by atoms with Crippen molar-refractivity contribution < 1.29 is 13.2 Å². The first-order chi connectivity index (χ1) is 10.3. The summed E-state index contributed by atoms with van der Waals surface area (Å²) in [7, 11) is -3.81. The number of benzene rings is 1. The lowest BCUT2D eigenvalue weighted by Crippen LogP contribution is -2.42. The second-order valence-corrected chi connectivity index (χ2v) is 8.11. The molecule has 1 heterocycles. The number of ether oxygens (including phenoxy) is 1. The van der Waals surface area contributed by atoms with E-state index in [0.29, 0.717) is 13.1 Å². The van der Waals surface area contributed by atoms with Crippen molar-refractivity contribution in [3.8, 4) is 6.07 Å². The Morgan fingerprint density at radius 1 is 1.32 bits per heavy atom. The van der Waals surface area contributed by atoms with Crippen molar-refractivity contribution in [1.82, 2.24) is 4.90 Å². The summed E-state index contributed by atoms with van der Waals surface area (Å²) in [6, 6.07) is 8.05. The number of nitrogens with zero attached hydrogens (tertiary/aromatic N) is 2. The molecule has 0 aromatic heterocycles. The molecule has 1 aliphatic heterocycles. The van der Waals surface area contributed by atoms with Crippen LogP contribution in [0, 0.1) is 11.3 Å². The van der Waals surface area contributed by atoms with Crippen molar-refractivity contribution in [2.45, 2.75) is 31.0 Å². The van der Waals surface area contributed by atoms with Gasteiger partial charge in [0.25, 0.3) is 0 Å². The summed E-state index contributed by atoms with van der Waals surface area (Å²) < 4.78 is 31.5. The van der Waals surface area contributed by atoms with Crippen LogP contribution in [0.25, 0.3) is 0 Å². The monoisotopic (exact) mass is 384 g/mol. The van der Waals surface area contributed by atoms with Crippen LogP contribution >= 0.6 is 15.9 Å². The van der Waals surface area contributed by atoms with E-state index in [-0.39, 0.29) is 22.0 Å². The quantitative estimate of drug-likeness (QED) is 0.749. The van der Waals surface area contributed by atoms with Gasteiger partial charge in [-0.2, -0.15) is 5.26 Å². The van der Waals surface area contributed by atoms with Crippen LogP contribution in [0.4, 0.5) is 0 Å². The lowest BCUT2D eigenvalue weighted by atomic mass is 10.2. The summed E-state index contributed by atoms with van der Waals surface area (Å²) in [4.78, 5) is 1.68. The van der Waals surface area contributed by atoms with E-state index in [1.54, 1.807) is 12.1 Å². The maximum atomic E-state index is 12.5. The van der Waals surface area contributed by atoms with Crippen LogP contribution in [0.1, 0.15) is 13.8 Å². The number of sulfone groups is 1. The number of halogens is 1. The lowest BCUT2D eigenvalue weighted by molar-refractivity contribution is -0.0541. The molecule has 0 N–H and O–H groups in total. The van der Waals surface area contributed by atoms with Crippen molar-refractivity contribution in [3.05, 3.63) is 39.8 Å². The third-order valence-corrected chi connectivity index (χ3v) is 5.47. The SMILES string of the molecule is CC1CN(C=C(C#N)S(=O)(=O)c2ccc(Br)cc2)CC(C)O1. The van der Waals surface area contributed by atoms with E-state index in [0.717, 1.165) is 4.47 Å². The van der Waals surface area contributed by atoms with E-state index in [2.05, 4.69) is 15.9 Å². The molecule has 7 heteroatoms. The molecule has 0 saturated carbocycles. The number of morpholine rings is 1. The molecular weight excluding hydrogens is 368 g/mol. The van der Waals surface area contributed by atoms with Crippen molar-refractivity contribution >= 4 is 25.8 Å². The van der Waals surface area contributed by atoms with Gasteiger partial charge in [0.05, 0.1) is 17.1 Å². The van der Waals surface area contributed by atoms with Gasteiger partial charge in [-0.15, -0.1) is 0 Å². The molecule has 0 aliphatic carbocycles. The van der Waals surface area contributed by atoms with Gasteiger partial charge in [-0.25, -0.2) is 8.42 Å². The van der Waals surface area contributed by atoms with Gasteiger partial charge in [-0.1, -0.05) is 15.9 Å². The Balaban J connectivity index is 2.32. The minimum atomic E-state index is -3.81. The van der Waals surface area contributed by atoms with Crippen molar-refractivity contribution in [3.63, 3.8) is 0 Å². The van der Waals surface area contributed by atoms with Crippen LogP contribution in [-0.2, 0) is 14.6 Å². The normalized spacial score (nSPS) is 23.2. The highest BCUT2D eigenvalue weighted by atomic mass is 79.9. The van der Waals surface area contributed by atoms with Gasteiger partial charge >= 0.3 is 0 Å². The van der Waals surface area contributed by atoms with Crippen molar-refractivity contribution in [2.24, 2.45) is 0 Å². The highest BCUT2D eigenvalue weighted by molar-refractivity contribution is 9.10. The average Bonchev–Trinajstić information content (AvgIpc) is 2.44. The van der Waals surface area contributed by atoms with Crippen LogP contribution in [0.2, 0.25) is 0 Å². The average molecular weight is 385 g/mol. The maximum Gasteiger partial charge on any atom is 0.218 e. The summed E-state index contributed by atoms with van der Waals surface area (Å²) in [6.07, 6.45) is 1.41. The first-order valence-electron chi connectivity index (χ1n) is 6.85. The Bertz CT molecular complexity index is 697. The van der Waals surface area contributed by atoms with Gasteiger partial charge < -0.3 is 9.64 Å². The fourth-order valence-electron chi connectivity index (χ4n) is 2.39. The van der Waals surface area contributed by atoms with Crippen LogP contribution in [-0.4, -0.2) is 38.6 Å². The Hall–Kier alpha value is -1.36. The molecule has 0 spiro atoms. The van der Waals surface area contributed by atoms with Crippen molar-refractivity contribution in [2.75, 3.05) is 13.1 Å². The fraction of sp³-hybridized carbons (Fsp3) is 0.400. The molecule has 118 valence electrons. The minimum Gasteiger partial charge on any atom is -0.372 e. The largest absolute Gasteiger partial charge is 0.372 e. The van der Waals surface area contributed by atoms with Crippen LogP contribution in [0.15, 0.2) is 44.7 Å². The van der Waals surface area contributed by atoms with E-state index in [1.807, 2.05) is 24.8 Å². The van der Waals surface area contributed by atoms with Gasteiger partial charge in [0, 0.05) is 23.8 Å². The highest BCUT2D eigenvalue weighted by Gasteiger charge is 2.25. The summed E-state index contributed by atoms with van der Waals surface area (Å²) in [5.74, 6) is 0. The van der Waals surface area contributed by atoms with Crippen molar-refractivity contribution in [1.29, 1.82) is 5.26 Å². The Morgan fingerprint density at radius 2 is 1.86 bits per heavy atom. The van der Waals surface area contributed by atoms with Gasteiger partial charge in [-0.05, 0) is 38.1 Å². The zero-order valence-corrected chi connectivity index (χ0v) is 14.8. The number of rotatable bonds is 3. The molecule has 22 heavy (non-hydrogen) atoms. The first kappa shape index (κ1) is 17.0. The molecular formula is C15H17BrN2O3S. The van der Waals surface area contributed by atoms with E-state index < -0.39 is 9.84 Å². The first-order valence-corrected chi connectivity index (χ1v) is 9.12. The summed E-state index contributed by atoms with van der Waals surface area (Å²) in [5.41, 5.74) is 0. The van der Waals surface area contributed by atoms with Crippen LogP contribution in [0.5, 0.6) is 0 Å². The molecule has 1 aliphatic rings. The molecule has 1 aromatic rings. The summed E-state index contributed by atoms with van der Waals surface area (Å²) in [5, 5.41) is 9.28. The van der Waals surface area contributed by atoms with E-state index in [4.69, 9.17) is 4.74 Å². The van der Waals surface area contributed by atoms with E-state index in [9.17, 15) is 13.7 Å². The standard InChI is InChI=1S/C15H17BrN2O3S/c1-11-8-18(9-12(2)21-11)10-15(7-17)22(19,20)14-5-3-13(16)4-6-14/h3-6,10-12H,8-9H2,1-2H3. The minimum absolute atomic E-state index is 0.00433. The molecule has 0 radical (unpaired) electrons. The molecule has 2 rings (SSSR count). The fourth-order valence-corrected chi connectivity index (χ4v) is 3.81. The topological polar surface area (TPSA) is 70.4 Å². The van der Waals surface area contributed by atoms with E-state index in [1.165, 1.54) is 18.3 Å². The summed E-state index contributed by atoms with van der Waals surface area (Å²) in [6.45, 7) is 4.97. The van der Waals surface area contributed by atoms with Gasteiger partial charge in [0.15, 0.2) is 4.91 Å². The zero-order valence-electron chi connectivity index (χ0n) is 12.4. The number of nitriles is 1. The second kappa shape index (κ2) is 6.82. The number of allylic oxidation sites excluding steroid dienone is 1. The Labute approximate surface area is 139 Å². The van der Waals surface area contributed by atoms with Crippen LogP contribution < -0.4 is 0 Å². The maximum absolute atomic E-state index is 12.5. The van der Waals surface area contributed by atoms with Gasteiger partial charge in [-0.3, -0.25) is 0 Å². The summed E-state index contributed by atoms with van der Waals surface area (Å²) >= 11 is 3.26. The predicted octanol–water partition coefficient (Wildman–Crippen LogP) is 2.70. The molecule has 0 bridgehead atoms. The van der Waals surface area contributed by atoms with E-state index >= 15 is 0 Å². The molecule has 2 atom stereocenters. The zero-order chi connectivity index (χ0) is 16.3.